The second-order valence-corrected chi connectivity index (χ2v) is 4.87. The molecule has 0 spiro atoms. The Hall–Kier alpha value is -1.45. The van der Waals surface area contributed by atoms with E-state index in [0.717, 1.165) is 12.0 Å². The normalized spacial score (nSPS) is 25.4. The maximum absolute atomic E-state index is 11.4. The second kappa shape index (κ2) is 6.64. The fraction of sp³-hybridized carbons (Fsp3) is 0.438. The van der Waals surface area contributed by atoms with Gasteiger partial charge in [0.2, 0.25) is 0 Å². The van der Waals surface area contributed by atoms with Gasteiger partial charge in [0.1, 0.15) is 5.78 Å². The predicted octanol–water partition coefficient (Wildman–Crippen LogP) is 3.06. The number of Topliss-reactive ketones (excluding diaryl/α,β-unsaturated/α-hetero) is 1. The molecule has 0 aliphatic carbocycles. The average Bonchev–Trinajstić information content (AvgIpc) is 2.45. The zero-order valence-corrected chi connectivity index (χ0v) is 11.4. The molecule has 0 bridgehead atoms. The molecule has 1 aliphatic rings. The van der Waals surface area contributed by atoms with Crippen LogP contribution in [-0.2, 0) is 14.3 Å². The molecule has 1 saturated heterocycles. The number of carbonyl (C=O) groups is 1. The van der Waals surface area contributed by atoms with E-state index in [4.69, 9.17) is 9.47 Å². The Morgan fingerprint density at radius 3 is 2.79 bits per heavy atom. The lowest BCUT2D eigenvalue weighted by atomic mass is 9.97. The number of ether oxygens (including phenoxy) is 2. The van der Waals surface area contributed by atoms with Crippen molar-refractivity contribution >= 4 is 11.9 Å². The summed E-state index contributed by atoms with van der Waals surface area (Å²) in [7, 11) is 0. The standard InChI is InChI=1S/C16H20O3/c1-12(13(2)17)15-10-11-18-16(19-15)9-8-14-6-4-3-5-7-14/h3-9,12,15-16H,10-11H2,1-2H3/t12-,15+,16+/m0/s1. The molecule has 0 unspecified atom stereocenters. The highest BCUT2D eigenvalue weighted by atomic mass is 16.7. The number of rotatable bonds is 4. The van der Waals surface area contributed by atoms with Crippen molar-refractivity contribution in [2.24, 2.45) is 5.92 Å². The smallest absolute Gasteiger partial charge is 0.177 e. The van der Waals surface area contributed by atoms with Crippen LogP contribution in [0.15, 0.2) is 36.4 Å². The van der Waals surface area contributed by atoms with Crippen molar-refractivity contribution in [2.75, 3.05) is 6.61 Å². The molecule has 0 saturated carbocycles. The largest absolute Gasteiger partial charge is 0.349 e. The van der Waals surface area contributed by atoms with E-state index < -0.39 is 0 Å². The zero-order chi connectivity index (χ0) is 13.7. The molecule has 102 valence electrons. The molecule has 3 atom stereocenters. The minimum Gasteiger partial charge on any atom is -0.349 e. The molecule has 0 radical (unpaired) electrons. The van der Waals surface area contributed by atoms with Gasteiger partial charge < -0.3 is 9.47 Å². The van der Waals surface area contributed by atoms with E-state index in [0.29, 0.717) is 6.61 Å². The molecule has 2 rings (SSSR count). The third-order valence-electron chi connectivity index (χ3n) is 3.44. The van der Waals surface area contributed by atoms with Crippen molar-refractivity contribution in [3.8, 4) is 0 Å². The molecule has 1 aromatic carbocycles. The minimum atomic E-state index is -0.360. The molecule has 0 aromatic heterocycles. The SMILES string of the molecule is CC(=O)[C@H](C)[C@H]1CCO[C@@H](C=Cc2ccccc2)O1. The number of hydrogen-bond donors (Lipinski definition) is 0. The van der Waals surface area contributed by atoms with Crippen LogP contribution in [0.3, 0.4) is 0 Å². The van der Waals surface area contributed by atoms with E-state index in [9.17, 15) is 4.79 Å². The van der Waals surface area contributed by atoms with Gasteiger partial charge in [0.25, 0.3) is 0 Å². The van der Waals surface area contributed by atoms with Gasteiger partial charge in [0.05, 0.1) is 12.7 Å². The Balaban J connectivity index is 1.94. The topological polar surface area (TPSA) is 35.5 Å². The van der Waals surface area contributed by atoms with Crippen molar-refractivity contribution in [2.45, 2.75) is 32.7 Å². The third kappa shape index (κ3) is 4.01. The molecular weight excluding hydrogens is 240 g/mol. The van der Waals surface area contributed by atoms with Gasteiger partial charge in [-0.05, 0) is 25.0 Å². The average molecular weight is 260 g/mol. The van der Waals surface area contributed by atoms with Gasteiger partial charge >= 0.3 is 0 Å². The molecule has 1 aliphatic heterocycles. The Labute approximate surface area is 114 Å². The summed E-state index contributed by atoms with van der Waals surface area (Å²) in [6.45, 7) is 4.15. The van der Waals surface area contributed by atoms with Crippen LogP contribution in [0.5, 0.6) is 0 Å². The van der Waals surface area contributed by atoms with E-state index in [-0.39, 0.29) is 24.1 Å². The molecule has 1 aromatic rings. The molecule has 0 amide bonds. The van der Waals surface area contributed by atoms with Gasteiger partial charge in [-0.3, -0.25) is 4.79 Å². The van der Waals surface area contributed by atoms with Gasteiger partial charge in [0, 0.05) is 5.92 Å². The van der Waals surface area contributed by atoms with E-state index in [1.807, 2.05) is 49.4 Å². The summed E-state index contributed by atoms with van der Waals surface area (Å²) >= 11 is 0. The Morgan fingerprint density at radius 2 is 2.11 bits per heavy atom. The maximum Gasteiger partial charge on any atom is 0.177 e. The van der Waals surface area contributed by atoms with Gasteiger partial charge in [-0.1, -0.05) is 43.3 Å². The van der Waals surface area contributed by atoms with Crippen LogP contribution in [0, 0.1) is 5.92 Å². The number of hydrogen-bond acceptors (Lipinski definition) is 3. The van der Waals surface area contributed by atoms with Gasteiger partial charge in [-0.25, -0.2) is 0 Å². The summed E-state index contributed by atoms with van der Waals surface area (Å²) < 4.78 is 11.3. The van der Waals surface area contributed by atoms with Gasteiger partial charge in [-0.15, -0.1) is 0 Å². The third-order valence-corrected chi connectivity index (χ3v) is 3.44. The first kappa shape index (κ1) is 14.0. The fourth-order valence-corrected chi connectivity index (χ4v) is 2.06. The van der Waals surface area contributed by atoms with Crippen molar-refractivity contribution in [1.82, 2.24) is 0 Å². The van der Waals surface area contributed by atoms with Crippen molar-refractivity contribution in [1.29, 1.82) is 0 Å². The number of ketones is 1. The monoisotopic (exact) mass is 260 g/mol. The Kier molecular flexibility index (Phi) is 4.88. The summed E-state index contributed by atoms with van der Waals surface area (Å²) in [5.74, 6) is 0.0919. The lowest BCUT2D eigenvalue weighted by molar-refractivity contribution is -0.198. The van der Waals surface area contributed by atoms with E-state index >= 15 is 0 Å². The van der Waals surface area contributed by atoms with Crippen LogP contribution in [0.1, 0.15) is 25.8 Å². The minimum absolute atomic E-state index is 0.0447. The van der Waals surface area contributed by atoms with Crippen molar-refractivity contribution < 1.29 is 14.3 Å². The quantitative estimate of drug-likeness (QED) is 0.834. The second-order valence-electron chi connectivity index (χ2n) is 4.87. The number of benzene rings is 1. The predicted molar refractivity (Wildman–Crippen MR) is 74.6 cm³/mol. The maximum atomic E-state index is 11.4. The number of carbonyl (C=O) groups excluding carboxylic acids is 1. The van der Waals surface area contributed by atoms with Crippen LogP contribution in [0.2, 0.25) is 0 Å². The Morgan fingerprint density at radius 1 is 1.37 bits per heavy atom. The summed E-state index contributed by atoms with van der Waals surface area (Å²) in [4.78, 5) is 11.4. The van der Waals surface area contributed by atoms with Crippen LogP contribution in [0.4, 0.5) is 0 Å². The first-order chi connectivity index (χ1) is 9.16. The summed E-state index contributed by atoms with van der Waals surface area (Å²) in [6, 6.07) is 10.0. The van der Waals surface area contributed by atoms with Crippen molar-refractivity contribution in [3.63, 3.8) is 0 Å². The highest BCUT2D eigenvalue weighted by molar-refractivity contribution is 5.78. The van der Waals surface area contributed by atoms with Crippen molar-refractivity contribution in [3.05, 3.63) is 42.0 Å². The van der Waals surface area contributed by atoms with Crippen LogP contribution >= 0.6 is 0 Å². The highest BCUT2D eigenvalue weighted by Crippen LogP contribution is 2.21. The molecule has 1 fully saturated rings. The molecule has 3 heteroatoms. The molecular formula is C16H20O3. The summed E-state index contributed by atoms with van der Waals surface area (Å²) in [5, 5.41) is 0. The van der Waals surface area contributed by atoms with Crippen LogP contribution in [0.25, 0.3) is 6.08 Å². The fourth-order valence-electron chi connectivity index (χ4n) is 2.06. The van der Waals surface area contributed by atoms with Gasteiger partial charge in [0.15, 0.2) is 6.29 Å². The lowest BCUT2D eigenvalue weighted by Gasteiger charge is -2.31. The van der Waals surface area contributed by atoms with Crippen LogP contribution in [-0.4, -0.2) is 24.8 Å². The summed E-state index contributed by atoms with van der Waals surface area (Å²) in [6.07, 6.45) is 4.24. The first-order valence-corrected chi connectivity index (χ1v) is 6.67. The lowest BCUT2D eigenvalue weighted by Crippen LogP contribution is -2.37. The van der Waals surface area contributed by atoms with Gasteiger partial charge in [-0.2, -0.15) is 0 Å². The van der Waals surface area contributed by atoms with Crippen LogP contribution < -0.4 is 0 Å². The van der Waals surface area contributed by atoms with E-state index in [2.05, 4.69) is 0 Å². The first-order valence-electron chi connectivity index (χ1n) is 6.67. The molecule has 19 heavy (non-hydrogen) atoms. The summed E-state index contributed by atoms with van der Waals surface area (Å²) in [5.41, 5.74) is 1.11. The Bertz CT molecular complexity index is 439. The van der Waals surface area contributed by atoms with E-state index in [1.54, 1.807) is 6.92 Å². The molecule has 0 N–H and O–H groups in total. The zero-order valence-electron chi connectivity index (χ0n) is 11.4. The molecule has 3 nitrogen and oxygen atoms in total. The molecule has 1 heterocycles. The highest BCUT2D eigenvalue weighted by Gasteiger charge is 2.28. The van der Waals surface area contributed by atoms with E-state index in [1.165, 1.54) is 0 Å².